The third-order valence-electron chi connectivity index (χ3n) is 13.1. The number of benzene rings is 3. The Bertz CT molecular complexity index is 2520. The highest BCUT2D eigenvalue weighted by Gasteiger charge is 2.56. The first kappa shape index (κ1) is 41.4. The molecule has 3 aromatic carbocycles. The number of hydrogen-bond donors (Lipinski definition) is 4. The number of rotatable bonds is 10. The van der Waals surface area contributed by atoms with Crippen molar-refractivity contribution >= 4 is 46.1 Å². The number of likely N-dealkylation sites (tertiary alicyclic amines) is 2. The van der Waals surface area contributed by atoms with E-state index in [0.29, 0.717) is 32.0 Å². The van der Waals surface area contributed by atoms with Crippen LogP contribution < -0.4 is 10.6 Å². The Balaban J connectivity index is 0.937. The SMILES string of the molecule is COC(=O)N[C@H](C(=O)N1CC2(CC2)C[C@@H]1c1nc2ccc(-c3ccc(-c4ccc5nc([C@@H]6CC7(CN6C(=O)[C@H](NC(=O)OC)C(C)C)OCCO7)[nH]c5c4)cc3)cc2[nH]1)C(C)C. The minimum absolute atomic E-state index is 0.104. The number of fused-ring (bicyclic) bond motifs is 2. The molecule has 3 aliphatic heterocycles. The maximum atomic E-state index is 14.1. The lowest BCUT2D eigenvalue weighted by Crippen LogP contribution is -2.52. The van der Waals surface area contributed by atoms with Crippen molar-refractivity contribution in [3.05, 3.63) is 72.3 Å². The average Bonchev–Trinajstić information content (AvgIpc) is 3.84. The Kier molecular flexibility index (Phi) is 10.7. The summed E-state index contributed by atoms with van der Waals surface area (Å²) in [6.07, 6.45) is 2.09. The van der Waals surface area contributed by atoms with E-state index in [4.69, 9.17) is 28.9 Å². The molecule has 5 aromatic rings. The number of amides is 4. The van der Waals surface area contributed by atoms with E-state index >= 15 is 0 Å². The topological polar surface area (TPSA) is 193 Å². The molecule has 0 bridgehead atoms. The number of carbonyl (C=O) groups excluding carboxylic acids is 4. The van der Waals surface area contributed by atoms with Crippen molar-refractivity contribution in [3.63, 3.8) is 0 Å². The molecule has 326 valence electrons. The van der Waals surface area contributed by atoms with Gasteiger partial charge in [0.1, 0.15) is 23.7 Å². The van der Waals surface area contributed by atoms with E-state index < -0.39 is 36.1 Å². The highest BCUT2D eigenvalue weighted by molar-refractivity contribution is 5.89. The van der Waals surface area contributed by atoms with Gasteiger partial charge in [0.05, 0.1) is 68.1 Å². The van der Waals surface area contributed by atoms with Crippen molar-refractivity contribution in [2.24, 2.45) is 17.3 Å². The highest BCUT2D eigenvalue weighted by Crippen LogP contribution is 2.58. The zero-order valence-electron chi connectivity index (χ0n) is 35.9. The molecule has 4 amide bonds. The van der Waals surface area contributed by atoms with E-state index in [1.807, 2.05) is 50.8 Å². The van der Waals surface area contributed by atoms with Gasteiger partial charge in [0, 0.05) is 13.0 Å². The predicted molar refractivity (Wildman–Crippen MR) is 229 cm³/mol. The predicted octanol–water partition coefficient (Wildman–Crippen LogP) is 6.60. The van der Waals surface area contributed by atoms with E-state index in [9.17, 15) is 19.2 Å². The Morgan fingerprint density at radius 1 is 0.661 bits per heavy atom. The number of alkyl carbamates (subject to hydrolysis) is 2. The molecule has 2 spiro atoms. The van der Waals surface area contributed by atoms with Crippen LogP contribution >= 0.6 is 0 Å². The molecule has 4 N–H and O–H groups in total. The summed E-state index contributed by atoms with van der Waals surface area (Å²) in [6.45, 7) is 9.33. The van der Waals surface area contributed by atoms with Crippen LogP contribution in [-0.4, -0.2) is 112 Å². The van der Waals surface area contributed by atoms with Crippen molar-refractivity contribution in [2.45, 2.75) is 83.3 Å². The largest absolute Gasteiger partial charge is 0.453 e. The third kappa shape index (κ3) is 7.74. The number of nitrogens with one attached hydrogen (secondary N) is 4. The van der Waals surface area contributed by atoms with Crippen molar-refractivity contribution in [1.29, 1.82) is 0 Å². The first-order chi connectivity index (χ1) is 29.8. The molecular formula is C46H54N8O8. The molecule has 0 radical (unpaired) electrons. The Morgan fingerprint density at radius 2 is 1.10 bits per heavy atom. The minimum Gasteiger partial charge on any atom is -0.453 e. The number of imidazole rings is 2. The molecule has 1 aliphatic carbocycles. The van der Waals surface area contributed by atoms with Gasteiger partial charge in [-0.1, -0.05) is 64.1 Å². The van der Waals surface area contributed by atoms with Gasteiger partial charge in [-0.15, -0.1) is 0 Å². The molecule has 9 rings (SSSR count). The lowest BCUT2D eigenvalue weighted by atomic mass is 10.00. The monoisotopic (exact) mass is 846 g/mol. The maximum Gasteiger partial charge on any atom is 0.407 e. The second-order valence-electron chi connectivity index (χ2n) is 18.0. The van der Waals surface area contributed by atoms with Crippen LogP contribution in [0.25, 0.3) is 44.3 Å². The van der Waals surface area contributed by atoms with Gasteiger partial charge in [0.2, 0.25) is 11.8 Å². The van der Waals surface area contributed by atoms with Crippen LogP contribution in [0.4, 0.5) is 9.59 Å². The maximum absolute atomic E-state index is 14.1. The Hall–Kier alpha value is -6.00. The molecule has 3 saturated heterocycles. The number of nitrogens with zero attached hydrogens (tertiary/aromatic N) is 4. The summed E-state index contributed by atoms with van der Waals surface area (Å²) in [7, 11) is 2.58. The van der Waals surface area contributed by atoms with Gasteiger partial charge in [-0.2, -0.15) is 0 Å². The van der Waals surface area contributed by atoms with E-state index in [1.54, 1.807) is 4.90 Å². The quantitative estimate of drug-likeness (QED) is 0.119. The zero-order chi connectivity index (χ0) is 43.5. The summed E-state index contributed by atoms with van der Waals surface area (Å²) in [4.78, 5) is 73.0. The standard InChI is InChI=1S/C46H54N8O8/c1-25(2)37(51-43(57)59-5)41(55)53-23-45(15-16-45)21-35(53)39-47-31-13-11-29(19-33(31)49-39)27-7-9-28(10-8-27)30-12-14-32-34(20-30)50-40(48-32)36-22-46(61-17-18-62-46)24-54(36)42(56)38(26(3)4)52-44(58)60-6/h7-14,19-20,25-26,35-38H,15-18,21-24H2,1-6H3,(H,47,49)(H,48,50)(H,51,57)(H,52,58)/t35-,36+,37+,38-/m1/s1. The highest BCUT2D eigenvalue weighted by atomic mass is 16.7. The first-order valence-electron chi connectivity index (χ1n) is 21.5. The normalized spacial score (nSPS) is 21.0. The van der Waals surface area contributed by atoms with E-state index in [-0.39, 0.29) is 41.7 Å². The van der Waals surface area contributed by atoms with E-state index in [2.05, 4.69) is 63.1 Å². The summed E-state index contributed by atoms with van der Waals surface area (Å²) in [5.41, 5.74) is 7.49. The molecule has 4 fully saturated rings. The number of ether oxygens (including phenoxy) is 4. The Labute approximate surface area is 359 Å². The fourth-order valence-corrected chi connectivity index (χ4v) is 9.44. The van der Waals surface area contributed by atoms with Crippen LogP contribution in [0.3, 0.4) is 0 Å². The summed E-state index contributed by atoms with van der Waals surface area (Å²) in [5, 5.41) is 5.46. The van der Waals surface area contributed by atoms with Crippen LogP contribution in [0, 0.1) is 17.3 Å². The number of H-pyrrole nitrogens is 2. The number of carbonyl (C=O) groups is 4. The summed E-state index contributed by atoms with van der Waals surface area (Å²) in [5.74, 6) is -0.259. The van der Waals surface area contributed by atoms with Gasteiger partial charge in [-0.05, 0) is 83.0 Å². The molecule has 2 aromatic heterocycles. The van der Waals surface area contributed by atoms with Crippen LogP contribution in [0.1, 0.15) is 77.1 Å². The van der Waals surface area contributed by atoms with Crippen LogP contribution in [0.5, 0.6) is 0 Å². The van der Waals surface area contributed by atoms with Crippen LogP contribution in [0.2, 0.25) is 0 Å². The van der Waals surface area contributed by atoms with Gasteiger partial charge in [-0.3, -0.25) is 9.59 Å². The van der Waals surface area contributed by atoms with Gasteiger partial charge < -0.3 is 49.3 Å². The van der Waals surface area contributed by atoms with E-state index in [0.717, 1.165) is 69.4 Å². The lowest BCUT2D eigenvalue weighted by Gasteiger charge is -2.30. The van der Waals surface area contributed by atoms with E-state index in [1.165, 1.54) is 14.2 Å². The zero-order valence-corrected chi connectivity index (χ0v) is 35.9. The molecular weight excluding hydrogens is 793 g/mol. The van der Waals surface area contributed by atoms with Crippen molar-refractivity contribution in [2.75, 3.05) is 40.5 Å². The fourth-order valence-electron chi connectivity index (χ4n) is 9.44. The van der Waals surface area contributed by atoms with Crippen molar-refractivity contribution in [3.8, 4) is 22.3 Å². The molecule has 16 nitrogen and oxygen atoms in total. The van der Waals surface area contributed by atoms with Crippen LogP contribution in [-0.2, 0) is 28.5 Å². The summed E-state index contributed by atoms with van der Waals surface area (Å²) >= 11 is 0. The molecule has 4 atom stereocenters. The second-order valence-corrected chi connectivity index (χ2v) is 18.0. The number of aromatic nitrogens is 4. The minimum atomic E-state index is -0.941. The van der Waals surface area contributed by atoms with Gasteiger partial charge in [0.15, 0.2) is 5.79 Å². The molecule has 0 unspecified atom stereocenters. The van der Waals surface area contributed by atoms with Crippen LogP contribution in [0.15, 0.2) is 60.7 Å². The first-order valence-corrected chi connectivity index (χ1v) is 21.5. The molecule has 1 saturated carbocycles. The van der Waals surface area contributed by atoms with Gasteiger partial charge in [-0.25, -0.2) is 19.6 Å². The van der Waals surface area contributed by atoms with Crippen molar-refractivity contribution in [1.82, 2.24) is 40.4 Å². The smallest absolute Gasteiger partial charge is 0.407 e. The number of hydrogen-bond acceptors (Lipinski definition) is 10. The molecule has 62 heavy (non-hydrogen) atoms. The lowest BCUT2D eigenvalue weighted by molar-refractivity contribution is -0.153. The molecule has 4 aliphatic rings. The summed E-state index contributed by atoms with van der Waals surface area (Å²) < 4.78 is 21.8. The number of methoxy groups -OCH3 is 2. The summed E-state index contributed by atoms with van der Waals surface area (Å²) in [6, 6.07) is 18.4. The van der Waals surface area contributed by atoms with Gasteiger partial charge >= 0.3 is 12.2 Å². The van der Waals surface area contributed by atoms with Crippen molar-refractivity contribution < 1.29 is 38.1 Å². The molecule has 5 heterocycles. The van der Waals surface area contributed by atoms with Gasteiger partial charge in [0.25, 0.3) is 0 Å². The average molecular weight is 847 g/mol. The Morgan fingerprint density at radius 3 is 1.53 bits per heavy atom. The third-order valence-corrected chi connectivity index (χ3v) is 13.1. The fraction of sp³-hybridized carbons (Fsp3) is 0.478. The number of aromatic amines is 2. The molecule has 16 heteroatoms. The second kappa shape index (κ2) is 16.0.